The van der Waals surface area contributed by atoms with Crippen LogP contribution in [-0.4, -0.2) is 17.3 Å². The molecular formula is C9H16NO+. The van der Waals surface area contributed by atoms with Gasteiger partial charge in [-0.1, -0.05) is 0 Å². The molecule has 0 aromatic carbocycles. The first-order valence-corrected chi connectivity index (χ1v) is 4.88. The minimum atomic E-state index is 0.617. The Hall–Kier alpha value is -0.0800. The van der Waals surface area contributed by atoms with Crippen LogP contribution in [0, 0.1) is 11.8 Å². The van der Waals surface area contributed by atoms with E-state index >= 15 is 0 Å². The molecular weight excluding hydrogens is 138 g/mol. The summed E-state index contributed by atoms with van der Waals surface area (Å²) in [5, 5.41) is 10.6. The van der Waals surface area contributed by atoms with Crippen molar-refractivity contribution in [1.82, 2.24) is 0 Å². The van der Waals surface area contributed by atoms with Crippen LogP contribution in [0.4, 0.5) is 0 Å². The summed E-state index contributed by atoms with van der Waals surface area (Å²) in [6.45, 7) is 0. The van der Waals surface area contributed by atoms with E-state index < -0.39 is 0 Å². The highest BCUT2D eigenvalue weighted by molar-refractivity contribution is 4.90. The molecule has 2 N–H and O–H groups in total. The molecule has 2 aliphatic carbocycles. The summed E-state index contributed by atoms with van der Waals surface area (Å²) in [6, 6.07) is 1.23. The van der Waals surface area contributed by atoms with E-state index in [2.05, 4.69) is 0 Å². The molecule has 2 nitrogen and oxygen atoms in total. The summed E-state index contributed by atoms with van der Waals surface area (Å²) in [5.41, 5.74) is 0. The van der Waals surface area contributed by atoms with E-state index in [0.29, 0.717) is 12.1 Å². The van der Waals surface area contributed by atoms with Gasteiger partial charge in [0.25, 0.3) is 0 Å². The normalized spacial score (nSPS) is 60.3. The lowest BCUT2D eigenvalue weighted by Gasteiger charge is -2.50. The number of hydrogen-bond acceptors (Lipinski definition) is 1. The first-order valence-electron chi connectivity index (χ1n) is 4.88. The summed E-state index contributed by atoms with van der Waals surface area (Å²) in [7, 11) is 0. The van der Waals surface area contributed by atoms with Crippen LogP contribution in [0.25, 0.3) is 0 Å². The first-order chi connectivity index (χ1) is 5.33. The van der Waals surface area contributed by atoms with Crippen molar-refractivity contribution in [1.29, 1.82) is 0 Å². The van der Waals surface area contributed by atoms with Gasteiger partial charge in [0.2, 0.25) is 0 Å². The third-order valence-electron chi connectivity index (χ3n) is 3.97. The van der Waals surface area contributed by atoms with Crippen LogP contribution in [0.15, 0.2) is 0 Å². The van der Waals surface area contributed by atoms with Gasteiger partial charge in [-0.15, -0.1) is 0 Å². The van der Waals surface area contributed by atoms with E-state index in [1.165, 1.54) is 32.1 Å². The number of piperidine rings is 2. The summed E-state index contributed by atoms with van der Waals surface area (Å²) in [5.74, 6) is 1.96. The number of nitrogens with one attached hydrogen (secondary N) is 1. The third kappa shape index (κ3) is 0.798. The van der Waals surface area contributed by atoms with Crippen molar-refractivity contribution in [2.45, 2.75) is 44.2 Å². The van der Waals surface area contributed by atoms with Crippen LogP contribution >= 0.6 is 0 Å². The van der Waals surface area contributed by atoms with Gasteiger partial charge >= 0.3 is 0 Å². The van der Waals surface area contributed by atoms with Crippen molar-refractivity contribution in [3.05, 3.63) is 0 Å². The van der Waals surface area contributed by atoms with Crippen molar-refractivity contribution in [2.75, 3.05) is 0 Å². The van der Waals surface area contributed by atoms with Crippen molar-refractivity contribution < 1.29 is 10.3 Å². The van der Waals surface area contributed by atoms with E-state index in [1.807, 2.05) is 0 Å². The van der Waals surface area contributed by atoms with Gasteiger partial charge in [-0.25, -0.2) is 5.21 Å². The van der Waals surface area contributed by atoms with Crippen molar-refractivity contribution in [3.63, 3.8) is 0 Å². The monoisotopic (exact) mass is 154 g/mol. The van der Waals surface area contributed by atoms with E-state index in [-0.39, 0.29) is 0 Å². The zero-order valence-electron chi connectivity index (χ0n) is 6.79. The average molecular weight is 154 g/mol. The van der Waals surface area contributed by atoms with Crippen LogP contribution in [0.2, 0.25) is 0 Å². The molecule has 4 bridgehead atoms. The van der Waals surface area contributed by atoms with E-state index in [1.54, 1.807) is 0 Å². The highest BCUT2D eigenvalue weighted by Gasteiger charge is 2.50. The second-order valence-corrected chi connectivity index (χ2v) is 4.73. The molecule has 2 aliphatic heterocycles. The van der Waals surface area contributed by atoms with Crippen LogP contribution in [-0.2, 0) is 0 Å². The van der Waals surface area contributed by atoms with Gasteiger partial charge in [0.15, 0.2) is 0 Å². The Morgan fingerprint density at radius 1 is 0.818 bits per heavy atom. The predicted molar refractivity (Wildman–Crippen MR) is 40.4 cm³/mol. The molecule has 62 valence electrons. The summed E-state index contributed by atoms with van der Waals surface area (Å²) in [4.78, 5) is 0. The maximum Gasteiger partial charge on any atom is 0.118 e. The second-order valence-electron chi connectivity index (χ2n) is 4.73. The first kappa shape index (κ1) is 6.44. The van der Waals surface area contributed by atoms with Gasteiger partial charge in [-0.3, -0.25) is 0 Å². The fourth-order valence-electron chi connectivity index (χ4n) is 3.67. The minimum absolute atomic E-state index is 0.617. The lowest BCUT2D eigenvalue weighted by molar-refractivity contribution is -1.14. The fraction of sp³-hybridized carbons (Fsp3) is 1.00. The SMILES string of the molecule is O[NH+]1C2CC3CC(C2)CC1C3. The number of hydrogen-bond donors (Lipinski definition) is 2. The van der Waals surface area contributed by atoms with Gasteiger partial charge in [0.1, 0.15) is 12.1 Å². The number of quaternary nitrogens is 1. The lowest BCUT2D eigenvalue weighted by atomic mass is 9.64. The van der Waals surface area contributed by atoms with Crippen molar-refractivity contribution >= 4 is 0 Å². The maximum absolute atomic E-state index is 9.74. The minimum Gasteiger partial charge on any atom is -0.218 e. The Bertz CT molecular complexity index is 152. The summed E-state index contributed by atoms with van der Waals surface area (Å²) < 4.78 is 0. The third-order valence-corrected chi connectivity index (χ3v) is 3.97. The largest absolute Gasteiger partial charge is 0.218 e. The maximum atomic E-state index is 9.74. The lowest BCUT2D eigenvalue weighted by Crippen LogP contribution is -3.20. The quantitative estimate of drug-likeness (QED) is 0.512. The number of hydroxylamine groups is 2. The summed E-state index contributed by atoms with van der Waals surface area (Å²) in [6.07, 6.45) is 6.69. The van der Waals surface area contributed by atoms with Gasteiger partial charge < -0.3 is 0 Å². The highest BCUT2D eigenvalue weighted by Crippen LogP contribution is 2.41. The zero-order valence-corrected chi connectivity index (χ0v) is 6.79. The number of rotatable bonds is 0. The Kier molecular flexibility index (Phi) is 1.16. The van der Waals surface area contributed by atoms with Gasteiger partial charge in [0, 0.05) is 25.7 Å². The zero-order chi connectivity index (χ0) is 7.42. The Morgan fingerprint density at radius 2 is 1.27 bits per heavy atom. The van der Waals surface area contributed by atoms with Gasteiger partial charge in [0.05, 0.1) is 0 Å². The van der Waals surface area contributed by atoms with E-state index in [0.717, 1.165) is 16.9 Å². The molecule has 0 aromatic heterocycles. The molecule has 0 radical (unpaired) electrons. The van der Waals surface area contributed by atoms with Crippen molar-refractivity contribution in [3.8, 4) is 0 Å². The molecule has 4 rings (SSSR count). The topological polar surface area (TPSA) is 24.7 Å². The molecule has 0 unspecified atom stereocenters. The molecule has 2 heteroatoms. The molecule has 2 saturated heterocycles. The molecule has 4 aliphatic rings. The fourth-order valence-corrected chi connectivity index (χ4v) is 3.67. The Labute approximate surface area is 67.1 Å². The molecule has 11 heavy (non-hydrogen) atoms. The molecule has 2 heterocycles. The standard InChI is InChI=1S/C9H15NO/c11-10-8-2-6-1-7(4-8)5-9(10)3-6/h6-9,11H,1-5H2/p+1. The van der Waals surface area contributed by atoms with E-state index in [9.17, 15) is 5.21 Å². The molecule has 0 aromatic rings. The Balaban J connectivity index is 1.91. The molecule has 2 saturated carbocycles. The van der Waals surface area contributed by atoms with Gasteiger partial charge in [-0.05, 0) is 18.3 Å². The van der Waals surface area contributed by atoms with E-state index in [4.69, 9.17) is 0 Å². The predicted octanol–water partition coefficient (Wildman–Crippen LogP) is 0.221. The van der Waals surface area contributed by atoms with Crippen LogP contribution in [0.1, 0.15) is 32.1 Å². The highest BCUT2D eigenvalue weighted by atomic mass is 16.5. The van der Waals surface area contributed by atoms with Gasteiger partial charge in [-0.2, -0.15) is 5.06 Å². The van der Waals surface area contributed by atoms with Crippen LogP contribution in [0.3, 0.4) is 0 Å². The average Bonchev–Trinajstić information content (AvgIpc) is 1.98. The van der Waals surface area contributed by atoms with Crippen molar-refractivity contribution in [2.24, 2.45) is 11.8 Å². The molecule has 0 amide bonds. The van der Waals surface area contributed by atoms with Crippen LogP contribution < -0.4 is 5.06 Å². The molecule has 0 atom stereocenters. The second kappa shape index (κ2) is 1.99. The van der Waals surface area contributed by atoms with Crippen LogP contribution in [0.5, 0.6) is 0 Å². The summed E-state index contributed by atoms with van der Waals surface area (Å²) >= 11 is 0. The molecule has 0 spiro atoms. The smallest absolute Gasteiger partial charge is 0.118 e. The molecule has 4 fully saturated rings. The Morgan fingerprint density at radius 3 is 1.73 bits per heavy atom.